The number of nitrogens with zero attached hydrogens (tertiary/aromatic N) is 4. The molecule has 1 atom stereocenters. The highest BCUT2D eigenvalue weighted by molar-refractivity contribution is 5.53. The maximum Gasteiger partial charge on any atom is 0.223 e. The minimum absolute atomic E-state index is 0.338. The molecular weight excluding hydrogens is 252 g/mol. The number of nitrogen functional groups attached to an aromatic ring is 1. The van der Waals surface area contributed by atoms with Crippen molar-refractivity contribution in [2.24, 2.45) is 0 Å². The Bertz CT molecular complexity index is 432. The molecule has 0 amide bonds. The molecule has 0 spiro atoms. The lowest BCUT2D eigenvalue weighted by molar-refractivity contribution is 0.232. The lowest BCUT2D eigenvalue weighted by Gasteiger charge is -2.26. The molecule has 0 saturated carbocycles. The summed E-state index contributed by atoms with van der Waals surface area (Å²) < 4.78 is 0. The van der Waals surface area contributed by atoms with Crippen molar-refractivity contribution >= 4 is 17.6 Å². The summed E-state index contributed by atoms with van der Waals surface area (Å²) in [5.41, 5.74) is 5.80. The van der Waals surface area contributed by atoms with Gasteiger partial charge in [0, 0.05) is 31.7 Å². The van der Waals surface area contributed by atoms with Crippen LogP contribution in [-0.2, 0) is 0 Å². The van der Waals surface area contributed by atoms with Crippen molar-refractivity contribution in [1.82, 2.24) is 14.9 Å². The highest BCUT2D eigenvalue weighted by atomic mass is 15.3. The summed E-state index contributed by atoms with van der Waals surface area (Å²) in [6.07, 6.45) is 1.18. The van der Waals surface area contributed by atoms with E-state index >= 15 is 0 Å². The molecule has 2 rings (SSSR count). The summed E-state index contributed by atoms with van der Waals surface area (Å²) in [6, 6.07) is 2.61. The van der Waals surface area contributed by atoms with Crippen LogP contribution in [0, 0.1) is 0 Å². The molecule has 3 N–H and O–H groups in total. The van der Waals surface area contributed by atoms with Crippen LogP contribution >= 0.6 is 0 Å². The molecule has 0 bridgehead atoms. The molecule has 20 heavy (non-hydrogen) atoms. The van der Waals surface area contributed by atoms with E-state index in [1.807, 2.05) is 13.0 Å². The quantitative estimate of drug-likeness (QED) is 0.820. The molecule has 2 heterocycles. The highest BCUT2D eigenvalue weighted by Crippen LogP contribution is 2.23. The molecule has 1 aliphatic heterocycles. The predicted molar refractivity (Wildman–Crippen MR) is 84.1 cm³/mol. The minimum atomic E-state index is 0.338. The Morgan fingerprint density at radius 1 is 1.35 bits per heavy atom. The zero-order chi connectivity index (χ0) is 14.5. The maximum atomic E-state index is 5.80. The van der Waals surface area contributed by atoms with Gasteiger partial charge in [0.15, 0.2) is 0 Å². The topological polar surface area (TPSA) is 70.3 Å². The molecule has 6 nitrogen and oxygen atoms in total. The zero-order valence-electron chi connectivity index (χ0n) is 12.8. The van der Waals surface area contributed by atoms with Crippen LogP contribution in [-0.4, -0.2) is 53.6 Å². The summed E-state index contributed by atoms with van der Waals surface area (Å²) >= 11 is 0. The van der Waals surface area contributed by atoms with Crippen molar-refractivity contribution in [3.63, 3.8) is 0 Å². The first kappa shape index (κ1) is 14.8. The van der Waals surface area contributed by atoms with E-state index in [4.69, 9.17) is 5.73 Å². The average molecular weight is 278 g/mol. The lowest BCUT2D eigenvalue weighted by atomic mass is 10.2. The standard InChI is InChI=1S/C14H26N6/c1-4-16-12-9-13(18-14(15)17-12)20-8-7-11(10-20)19(5-2)6-3/h9,11H,4-8,10H2,1-3H3,(H3,15,16,17,18). The number of hydrogen-bond donors (Lipinski definition) is 2. The van der Waals surface area contributed by atoms with Crippen LogP contribution < -0.4 is 16.0 Å². The van der Waals surface area contributed by atoms with E-state index in [0.717, 1.165) is 44.4 Å². The largest absolute Gasteiger partial charge is 0.370 e. The first-order chi connectivity index (χ1) is 9.67. The molecule has 1 aliphatic rings. The number of nitrogens with one attached hydrogen (secondary N) is 1. The van der Waals surface area contributed by atoms with Gasteiger partial charge < -0.3 is 16.0 Å². The van der Waals surface area contributed by atoms with Gasteiger partial charge in [-0.15, -0.1) is 0 Å². The van der Waals surface area contributed by atoms with Crippen LogP contribution in [0.15, 0.2) is 6.07 Å². The Labute approximate surface area is 121 Å². The summed E-state index contributed by atoms with van der Waals surface area (Å²) in [4.78, 5) is 13.4. The van der Waals surface area contributed by atoms with Crippen LogP contribution in [0.5, 0.6) is 0 Å². The SMILES string of the molecule is CCNc1cc(N2CCC(N(CC)CC)C2)nc(N)n1. The van der Waals surface area contributed by atoms with E-state index in [2.05, 4.69) is 38.9 Å². The molecule has 1 aromatic heterocycles. The zero-order valence-corrected chi connectivity index (χ0v) is 12.8. The summed E-state index contributed by atoms with van der Waals surface area (Å²) in [7, 11) is 0. The summed E-state index contributed by atoms with van der Waals surface area (Å²) in [5.74, 6) is 2.08. The van der Waals surface area contributed by atoms with Gasteiger partial charge in [-0.05, 0) is 26.4 Å². The number of hydrogen-bond acceptors (Lipinski definition) is 6. The number of likely N-dealkylation sites (N-methyl/N-ethyl adjacent to an activating group) is 1. The molecule has 1 unspecified atom stereocenters. The van der Waals surface area contributed by atoms with Gasteiger partial charge in [0.05, 0.1) is 0 Å². The van der Waals surface area contributed by atoms with Crippen LogP contribution in [0.2, 0.25) is 0 Å². The number of nitrogens with two attached hydrogens (primary N) is 1. The van der Waals surface area contributed by atoms with Crippen molar-refractivity contribution in [3.05, 3.63) is 6.07 Å². The fourth-order valence-corrected chi connectivity index (χ4v) is 2.87. The predicted octanol–water partition coefficient (Wildman–Crippen LogP) is 1.41. The third-order valence-corrected chi connectivity index (χ3v) is 3.90. The third-order valence-electron chi connectivity index (χ3n) is 3.90. The number of rotatable bonds is 6. The van der Waals surface area contributed by atoms with Gasteiger partial charge in [0.2, 0.25) is 5.95 Å². The number of anilines is 3. The third kappa shape index (κ3) is 3.30. The lowest BCUT2D eigenvalue weighted by Crippen LogP contribution is -2.37. The fourth-order valence-electron chi connectivity index (χ4n) is 2.87. The normalized spacial score (nSPS) is 18.8. The second-order valence-corrected chi connectivity index (χ2v) is 5.11. The van der Waals surface area contributed by atoms with Crippen LogP contribution in [0.1, 0.15) is 27.2 Å². The Morgan fingerprint density at radius 2 is 2.10 bits per heavy atom. The van der Waals surface area contributed by atoms with Gasteiger partial charge in [0.25, 0.3) is 0 Å². The molecule has 1 fully saturated rings. The van der Waals surface area contributed by atoms with Gasteiger partial charge >= 0.3 is 0 Å². The van der Waals surface area contributed by atoms with Crippen molar-refractivity contribution in [2.75, 3.05) is 48.7 Å². The molecule has 6 heteroatoms. The molecule has 112 valence electrons. The van der Waals surface area contributed by atoms with Gasteiger partial charge in [-0.2, -0.15) is 9.97 Å². The van der Waals surface area contributed by atoms with E-state index in [1.54, 1.807) is 0 Å². The van der Waals surface area contributed by atoms with E-state index in [-0.39, 0.29) is 0 Å². The van der Waals surface area contributed by atoms with Gasteiger partial charge in [-0.3, -0.25) is 4.90 Å². The van der Waals surface area contributed by atoms with Crippen molar-refractivity contribution in [3.8, 4) is 0 Å². The van der Waals surface area contributed by atoms with Crippen molar-refractivity contribution < 1.29 is 0 Å². The Hall–Kier alpha value is -1.56. The number of aromatic nitrogens is 2. The maximum absolute atomic E-state index is 5.80. The second kappa shape index (κ2) is 6.74. The molecule has 0 radical (unpaired) electrons. The van der Waals surface area contributed by atoms with Crippen LogP contribution in [0.3, 0.4) is 0 Å². The van der Waals surface area contributed by atoms with Gasteiger partial charge in [0.1, 0.15) is 11.6 Å². The Morgan fingerprint density at radius 3 is 2.75 bits per heavy atom. The minimum Gasteiger partial charge on any atom is -0.370 e. The molecule has 1 aromatic rings. The average Bonchev–Trinajstić information content (AvgIpc) is 2.90. The molecular formula is C14H26N6. The second-order valence-electron chi connectivity index (χ2n) is 5.11. The molecule has 1 saturated heterocycles. The molecule has 0 aromatic carbocycles. The van der Waals surface area contributed by atoms with Crippen LogP contribution in [0.25, 0.3) is 0 Å². The summed E-state index contributed by atoms with van der Waals surface area (Å²) in [6.45, 7) is 11.6. The monoisotopic (exact) mass is 278 g/mol. The Kier molecular flexibility index (Phi) is 5.00. The fraction of sp³-hybridized carbons (Fsp3) is 0.714. The van der Waals surface area contributed by atoms with Crippen molar-refractivity contribution in [2.45, 2.75) is 33.2 Å². The van der Waals surface area contributed by atoms with E-state index < -0.39 is 0 Å². The van der Waals surface area contributed by atoms with E-state index in [1.165, 1.54) is 6.42 Å². The smallest absolute Gasteiger partial charge is 0.223 e. The Balaban J connectivity index is 2.09. The van der Waals surface area contributed by atoms with E-state index in [0.29, 0.717) is 12.0 Å². The van der Waals surface area contributed by atoms with Gasteiger partial charge in [-0.25, -0.2) is 0 Å². The molecule has 0 aliphatic carbocycles. The van der Waals surface area contributed by atoms with Crippen LogP contribution in [0.4, 0.5) is 17.6 Å². The summed E-state index contributed by atoms with van der Waals surface area (Å²) in [5, 5.41) is 3.20. The first-order valence-corrected chi connectivity index (χ1v) is 7.55. The first-order valence-electron chi connectivity index (χ1n) is 7.55. The van der Waals surface area contributed by atoms with Crippen molar-refractivity contribution in [1.29, 1.82) is 0 Å². The van der Waals surface area contributed by atoms with E-state index in [9.17, 15) is 0 Å². The highest BCUT2D eigenvalue weighted by Gasteiger charge is 2.27. The van der Waals surface area contributed by atoms with Gasteiger partial charge in [-0.1, -0.05) is 13.8 Å².